The van der Waals surface area contributed by atoms with E-state index in [4.69, 9.17) is 11.6 Å². The Bertz CT molecular complexity index is 1220. The molecule has 8 heteroatoms. The molecule has 1 amide bonds. The van der Waals surface area contributed by atoms with Crippen LogP contribution in [0.25, 0.3) is 6.08 Å². The van der Waals surface area contributed by atoms with Crippen LogP contribution in [-0.2, 0) is 4.79 Å². The largest absolute Gasteiger partial charge is 0.508 e. The maximum Gasteiger partial charge on any atom is 0.282 e. The van der Waals surface area contributed by atoms with Gasteiger partial charge < -0.3 is 5.11 Å². The van der Waals surface area contributed by atoms with Gasteiger partial charge in [-0.1, -0.05) is 35.9 Å². The van der Waals surface area contributed by atoms with Crippen molar-refractivity contribution < 1.29 is 14.8 Å². The lowest BCUT2D eigenvalue weighted by Gasteiger charge is -2.19. The van der Waals surface area contributed by atoms with Gasteiger partial charge in [0, 0.05) is 11.6 Å². The van der Waals surface area contributed by atoms with Crippen LogP contribution in [-0.4, -0.2) is 21.8 Å². The third-order valence-corrected chi connectivity index (χ3v) is 4.84. The average Bonchev–Trinajstić information content (AvgIpc) is 3.05. The van der Waals surface area contributed by atoms with Gasteiger partial charge in [-0.05, 0) is 48.5 Å². The van der Waals surface area contributed by atoms with E-state index in [2.05, 4.69) is 4.99 Å². The molecule has 0 atom stereocenters. The zero-order chi connectivity index (χ0) is 21.3. The predicted octanol–water partition coefficient (Wildman–Crippen LogP) is 4.79. The molecule has 1 aliphatic rings. The minimum atomic E-state index is -0.512. The number of nitro groups is 1. The molecule has 3 aromatic rings. The summed E-state index contributed by atoms with van der Waals surface area (Å²) in [6.45, 7) is 0. The van der Waals surface area contributed by atoms with Gasteiger partial charge in [0.05, 0.1) is 21.2 Å². The SMILES string of the molecule is O=C1/C(=C\c2ccccc2[N+](=O)[O-])N=C(c2ccccc2Cl)N1c1ccc(O)cc1. The number of phenols is 1. The quantitative estimate of drug-likeness (QED) is 0.373. The minimum absolute atomic E-state index is 0.0345. The molecule has 0 saturated heterocycles. The summed E-state index contributed by atoms with van der Waals surface area (Å²) in [6, 6.07) is 19.1. The number of nitro benzene ring substituents is 1. The summed E-state index contributed by atoms with van der Waals surface area (Å²) in [5.41, 5.74) is 1.18. The molecule has 0 spiro atoms. The molecule has 0 bridgehead atoms. The van der Waals surface area contributed by atoms with Crippen LogP contribution in [0.3, 0.4) is 0 Å². The average molecular weight is 420 g/mol. The van der Waals surface area contributed by atoms with Gasteiger partial charge in [0.1, 0.15) is 17.3 Å². The van der Waals surface area contributed by atoms with Gasteiger partial charge >= 0.3 is 0 Å². The normalized spacial score (nSPS) is 14.8. The molecule has 1 N–H and O–H groups in total. The third-order valence-electron chi connectivity index (χ3n) is 4.51. The summed E-state index contributed by atoms with van der Waals surface area (Å²) in [7, 11) is 0. The number of amidine groups is 1. The van der Waals surface area contributed by atoms with Crippen LogP contribution in [0.15, 0.2) is 83.5 Å². The molecule has 3 aromatic carbocycles. The van der Waals surface area contributed by atoms with Crippen molar-refractivity contribution in [2.75, 3.05) is 4.90 Å². The number of hydrogen-bond acceptors (Lipinski definition) is 5. The summed E-state index contributed by atoms with van der Waals surface area (Å²) in [4.78, 5) is 29.9. The second-order valence-corrected chi connectivity index (χ2v) is 6.82. The van der Waals surface area contributed by atoms with Crippen LogP contribution in [0.5, 0.6) is 5.75 Å². The number of halogens is 1. The van der Waals surface area contributed by atoms with Crippen molar-refractivity contribution in [2.24, 2.45) is 4.99 Å². The molecule has 0 aromatic heterocycles. The van der Waals surface area contributed by atoms with Crippen LogP contribution >= 0.6 is 11.6 Å². The van der Waals surface area contributed by atoms with Crippen LogP contribution in [0.2, 0.25) is 5.02 Å². The van der Waals surface area contributed by atoms with E-state index in [1.807, 2.05) is 0 Å². The number of hydrogen-bond donors (Lipinski definition) is 1. The molecule has 0 aliphatic carbocycles. The van der Waals surface area contributed by atoms with Crippen LogP contribution in [0.1, 0.15) is 11.1 Å². The lowest BCUT2D eigenvalue weighted by Crippen LogP contribution is -2.32. The fourth-order valence-corrected chi connectivity index (χ4v) is 3.32. The van der Waals surface area contributed by atoms with Gasteiger partial charge in [0.15, 0.2) is 0 Å². The molecule has 0 fully saturated rings. The van der Waals surface area contributed by atoms with Crippen LogP contribution in [0.4, 0.5) is 11.4 Å². The highest BCUT2D eigenvalue weighted by molar-refractivity contribution is 6.39. The molecular formula is C22H14ClN3O4. The maximum absolute atomic E-state index is 13.2. The molecular weight excluding hydrogens is 406 g/mol. The molecule has 148 valence electrons. The van der Waals surface area contributed by atoms with E-state index in [1.54, 1.807) is 54.6 Å². The van der Waals surface area contributed by atoms with Gasteiger partial charge in [0.2, 0.25) is 0 Å². The van der Waals surface area contributed by atoms with Gasteiger partial charge in [-0.3, -0.25) is 19.8 Å². The molecule has 1 aliphatic heterocycles. The first-order valence-corrected chi connectivity index (χ1v) is 9.25. The number of benzene rings is 3. The zero-order valence-corrected chi connectivity index (χ0v) is 16.2. The Morgan fingerprint density at radius 2 is 1.67 bits per heavy atom. The van der Waals surface area contributed by atoms with E-state index in [9.17, 15) is 20.0 Å². The Morgan fingerprint density at radius 3 is 2.37 bits per heavy atom. The highest BCUT2D eigenvalue weighted by Crippen LogP contribution is 2.32. The predicted molar refractivity (Wildman–Crippen MR) is 115 cm³/mol. The highest BCUT2D eigenvalue weighted by atomic mass is 35.5. The number of nitrogens with zero attached hydrogens (tertiary/aromatic N) is 3. The third kappa shape index (κ3) is 3.54. The maximum atomic E-state index is 13.2. The first kappa shape index (κ1) is 19.4. The second-order valence-electron chi connectivity index (χ2n) is 6.42. The lowest BCUT2D eigenvalue weighted by molar-refractivity contribution is -0.385. The van der Waals surface area contributed by atoms with Crippen molar-refractivity contribution >= 4 is 40.8 Å². The number of phenolic OH excluding ortho intramolecular Hbond substituents is 1. The number of para-hydroxylation sites is 1. The van der Waals surface area contributed by atoms with Crippen molar-refractivity contribution in [1.29, 1.82) is 0 Å². The summed E-state index contributed by atoms with van der Waals surface area (Å²) in [5.74, 6) is -0.118. The fraction of sp³-hybridized carbons (Fsp3) is 0. The summed E-state index contributed by atoms with van der Waals surface area (Å²) in [5, 5.41) is 21.3. The van der Waals surface area contributed by atoms with Crippen molar-refractivity contribution in [1.82, 2.24) is 0 Å². The number of aromatic hydroxyl groups is 1. The highest BCUT2D eigenvalue weighted by Gasteiger charge is 2.33. The van der Waals surface area contributed by atoms with E-state index in [1.165, 1.54) is 29.2 Å². The van der Waals surface area contributed by atoms with E-state index < -0.39 is 10.8 Å². The monoisotopic (exact) mass is 419 g/mol. The molecule has 0 unspecified atom stereocenters. The smallest absolute Gasteiger partial charge is 0.282 e. The van der Waals surface area contributed by atoms with Crippen molar-refractivity contribution in [3.63, 3.8) is 0 Å². The summed E-state index contributed by atoms with van der Waals surface area (Å²) >= 11 is 6.34. The number of rotatable bonds is 4. The standard InChI is InChI=1S/C22H14ClN3O4/c23-18-7-3-2-6-17(18)21-24-19(13-14-5-1-4-8-20(14)26(29)30)22(28)25(21)15-9-11-16(27)12-10-15/h1-13,27H/b19-13+. The topological polar surface area (TPSA) is 96.0 Å². The Hall–Kier alpha value is -3.97. The van der Waals surface area contributed by atoms with Crippen molar-refractivity contribution in [3.8, 4) is 5.75 Å². The second kappa shape index (κ2) is 7.81. The number of amides is 1. The molecule has 0 saturated carbocycles. The van der Waals surface area contributed by atoms with E-state index >= 15 is 0 Å². The van der Waals surface area contributed by atoms with Gasteiger partial charge in [-0.2, -0.15) is 0 Å². The van der Waals surface area contributed by atoms with Gasteiger partial charge in [-0.25, -0.2) is 4.99 Å². The summed E-state index contributed by atoms with van der Waals surface area (Å²) < 4.78 is 0. The molecule has 4 rings (SSSR count). The number of aliphatic imine (C=N–C) groups is 1. The van der Waals surface area contributed by atoms with Crippen LogP contribution in [0, 0.1) is 10.1 Å². The van der Waals surface area contributed by atoms with E-state index in [-0.39, 0.29) is 22.7 Å². The zero-order valence-electron chi connectivity index (χ0n) is 15.4. The summed E-state index contributed by atoms with van der Waals surface area (Å²) in [6.07, 6.45) is 1.39. The molecule has 7 nitrogen and oxygen atoms in total. The fourth-order valence-electron chi connectivity index (χ4n) is 3.10. The minimum Gasteiger partial charge on any atom is -0.508 e. The molecule has 0 radical (unpaired) electrons. The molecule has 30 heavy (non-hydrogen) atoms. The van der Waals surface area contributed by atoms with Crippen molar-refractivity contribution in [2.45, 2.75) is 0 Å². The molecule has 1 heterocycles. The van der Waals surface area contributed by atoms with Crippen molar-refractivity contribution in [3.05, 3.63) is 105 Å². The van der Waals surface area contributed by atoms with Crippen LogP contribution < -0.4 is 4.90 Å². The Labute approximate surface area is 176 Å². The van der Waals surface area contributed by atoms with E-state index in [0.717, 1.165) is 0 Å². The number of carbonyl (C=O) groups excluding carboxylic acids is 1. The van der Waals surface area contributed by atoms with Gasteiger partial charge in [-0.15, -0.1) is 0 Å². The first-order valence-electron chi connectivity index (χ1n) is 8.88. The van der Waals surface area contributed by atoms with Gasteiger partial charge in [0.25, 0.3) is 11.6 Å². The lowest BCUT2D eigenvalue weighted by atomic mass is 10.1. The van der Waals surface area contributed by atoms with E-state index in [0.29, 0.717) is 22.1 Å². The number of carbonyl (C=O) groups is 1. The number of anilines is 1. The Morgan fingerprint density at radius 1 is 1.00 bits per heavy atom. The first-order chi connectivity index (χ1) is 14.5. The Balaban J connectivity index is 1.88. The Kier molecular flexibility index (Phi) is 5.04.